The monoisotopic (exact) mass is 246 g/mol. The summed E-state index contributed by atoms with van der Waals surface area (Å²) in [5.41, 5.74) is 8.15. The van der Waals surface area contributed by atoms with E-state index in [1.807, 2.05) is 31.2 Å². The highest BCUT2D eigenvalue weighted by Crippen LogP contribution is 2.32. The largest absolute Gasteiger partial charge is 0.461 e. The van der Waals surface area contributed by atoms with Crippen molar-refractivity contribution in [1.29, 1.82) is 0 Å². The van der Waals surface area contributed by atoms with Gasteiger partial charge in [0.25, 0.3) is 0 Å². The quantitative estimate of drug-likeness (QED) is 0.841. The summed E-state index contributed by atoms with van der Waals surface area (Å²) in [7, 11) is 0. The summed E-state index contributed by atoms with van der Waals surface area (Å²) in [5, 5.41) is 3.68. The number of anilines is 1. The molecular formula is C13H14N2O3. The molecule has 2 N–H and O–H groups in total. The topological polar surface area (TPSA) is 78.3 Å². The summed E-state index contributed by atoms with van der Waals surface area (Å²) in [6.45, 7) is 3.93. The van der Waals surface area contributed by atoms with E-state index in [-0.39, 0.29) is 18.2 Å². The Morgan fingerprint density at radius 3 is 2.83 bits per heavy atom. The molecule has 0 fully saturated rings. The first-order chi connectivity index (χ1) is 8.65. The molecule has 0 spiro atoms. The van der Waals surface area contributed by atoms with Crippen LogP contribution in [0.2, 0.25) is 0 Å². The van der Waals surface area contributed by atoms with E-state index in [0.29, 0.717) is 5.56 Å². The summed E-state index contributed by atoms with van der Waals surface area (Å²) in [4.78, 5) is 11.8. The molecule has 0 aliphatic heterocycles. The van der Waals surface area contributed by atoms with Crippen LogP contribution in [-0.2, 0) is 4.74 Å². The van der Waals surface area contributed by atoms with E-state index in [1.54, 1.807) is 6.92 Å². The molecule has 94 valence electrons. The maximum atomic E-state index is 11.8. The summed E-state index contributed by atoms with van der Waals surface area (Å²) in [6, 6.07) is 7.56. The van der Waals surface area contributed by atoms with Crippen molar-refractivity contribution in [2.24, 2.45) is 0 Å². The molecule has 0 atom stereocenters. The molecule has 0 amide bonds. The van der Waals surface area contributed by atoms with Crippen molar-refractivity contribution < 1.29 is 14.1 Å². The zero-order chi connectivity index (χ0) is 13.1. The van der Waals surface area contributed by atoms with Crippen LogP contribution < -0.4 is 5.73 Å². The predicted octanol–water partition coefficient (Wildman–Crippen LogP) is 2.41. The van der Waals surface area contributed by atoms with Crippen LogP contribution in [0.5, 0.6) is 0 Å². The number of aromatic nitrogens is 1. The van der Waals surface area contributed by atoms with Crippen LogP contribution in [0.25, 0.3) is 11.1 Å². The number of nitrogens with zero attached hydrogens (tertiary/aromatic N) is 1. The van der Waals surface area contributed by atoms with E-state index < -0.39 is 5.97 Å². The van der Waals surface area contributed by atoms with Gasteiger partial charge in [-0.3, -0.25) is 0 Å². The highest BCUT2D eigenvalue weighted by atomic mass is 16.5. The van der Waals surface area contributed by atoms with Gasteiger partial charge < -0.3 is 15.0 Å². The Hall–Kier alpha value is -2.30. The van der Waals surface area contributed by atoms with Gasteiger partial charge in [-0.2, -0.15) is 0 Å². The molecule has 18 heavy (non-hydrogen) atoms. The Kier molecular flexibility index (Phi) is 3.32. The van der Waals surface area contributed by atoms with Crippen molar-refractivity contribution in [3.05, 3.63) is 35.5 Å². The first-order valence-corrected chi connectivity index (χ1v) is 5.63. The van der Waals surface area contributed by atoms with Gasteiger partial charge in [-0.05, 0) is 25.0 Å². The van der Waals surface area contributed by atoms with Crippen LogP contribution in [0.1, 0.15) is 23.0 Å². The molecule has 0 radical (unpaired) electrons. The standard InChI is InChI=1S/C13H14N2O3/c1-3-17-13(16)11-10(12(14)18-15-11)9-7-5-4-6-8(9)2/h4-7H,3,14H2,1-2H3. The van der Waals surface area contributed by atoms with Gasteiger partial charge in [0.15, 0.2) is 0 Å². The molecule has 1 aromatic carbocycles. The van der Waals surface area contributed by atoms with Crippen LogP contribution in [0.4, 0.5) is 5.88 Å². The average Bonchev–Trinajstić information content (AvgIpc) is 2.72. The highest BCUT2D eigenvalue weighted by molar-refractivity contribution is 5.98. The third-order valence-corrected chi connectivity index (χ3v) is 2.60. The molecule has 0 unspecified atom stereocenters. The van der Waals surface area contributed by atoms with E-state index in [4.69, 9.17) is 15.0 Å². The predicted molar refractivity (Wildman–Crippen MR) is 67.0 cm³/mol. The highest BCUT2D eigenvalue weighted by Gasteiger charge is 2.23. The number of esters is 1. The lowest BCUT2D eigenvalue weighted by Crippen LogP contribution is -2.07. The van der Waals surface area contributed by atoms with Gasteiger partial charge in [-0.1, -0.05) is 29.4 Å². The smallest absolute Gasteiger partial charge is 0.361 e. The Morgan fingerprint density at radius 2 is 2.17 bits per heavy atom. The summed E-state index contributed by atoms with van der Waals surface area (Å²) < 4.78 is 9.83. The molecule has 2 aromatic rings. The molecule has 0 bridgehead atoms. The number of hydrogen-bond donors (Lipinski definition) is 1. The number of carbonyl (C=O) groups is 1. The molecule has 5 nitrogen and oxygen atoms in total. The van der Waals surface area contributed by atoms with Gasteiger partial charge >= 0.3 is 5.97 Å². The van der Waals surface area contributed by atoms with Crippen LogP contribution in [-0.4, -0.2) is 17.7 Å². The van der Waals surface area contributed by atoms with Gasteiger partial charge in [0.2, 0.25) is 11.6 Å². The zero-order valence-corrected chi connectivity index (χ0v) is 10.3. The van der Waals surface area contributed by atoms with E-state index in [0.717, 1.165) is 11.1 Å². The molecule has 1 heterocycles. The fourth-order valence-corrected chi connectivity index (χ4v) is 1.76. The van der Waals surface area contributed by atoms with Crippen molar-refractivity contribution in [2.45, 2.75) is 13.8 Å². The van der Waals surface area contributed by atoms with Crippen molar-refractivity contribution >= 4 is 11.9 Å². The maximum absolute atomic E-state index is 11.8. The second-order valence-corrected chi connectivity index (χ2v) is 3.81. The third kappa shape index (κ3) is 2.07. The number of aryl methyl sites for hydroxylation is 1. The molecule has 0 saturated heterocycles. The Bertz CT molecular complexity index is 575. The Labute approximate surface area is 105 Å². The second-order valence-electron chi connectivity index (χ2n) is 3.81. The number of nitrogens with two attached hydrogens (primary N) is 1. The average molecular weight is 246 g/mol. The van der Waals surface area contributed by atoms with Gasteiger partial charge in [0.05, 0.1) is 12.2 Å². The fraction of sp³-hybridized carbons (Fsp3) is 0.231. The van der Waals surface area contributed by atoms with Crippen LogP contribution in [0, 0.1) is 6.92 Å². The first-order valence-electron chi connectivity index (χ1n) is 5.63. The van der Waals surface area contributed by atoms with Crippen molar-refractivity contribution in [1.82, 2.24) is 5.16 Å². The molecule has 0 aliphatic carbocycles. The number of ether oxygens (including phenoxy) is 1. The number of benzene rings is 1. The molecule has 1 aromatic heterocycles. The lowest BCUT2D eigenvalue weighted by Gasteiger charge is -2.05. The van der Waals surface area contributed by atoms with E-state index in [2.05, 4.69) is 5.16 Å². The number of carbonyl (C=O) groups excluding carboxylic acids is 1. The van der Waals surface area contributed by atoms with E-state index in [9.17, 15) is 4.79 Å². The summed E-state index contributed by atoms with van der Waals surface area (Å²) in [5.74, 6) is -0.413. The molecule has 2 rings (SSSR count). The molecule has 0 aliphatic rings. The molecular weight excluding hydrogens is 232 g/mol. The van der Waals surface area contributed by atoms with Gasteiger partial charge in [0.1, 0.15) is 0 Å². The second kappa shape index (κ2) is 4.91. The number of hydrogen-bond acceptors (Lipinski definition) is 5. The van der Waals surface area contributed by atoms with E-state index >= 15 is 0 Å². The van der Waals surface area contributed by atoms with E-state index in [1.165, 1.54) is 0 Å². The number of rotatable bonds is 3. The minimum atomic E-state index is -0.531. The lowest BCUT2D eigenvalue weighted by atomic mass is 10.0. The fourth-order valence-electron chi connectivity index (χ4n) is 1.76. The minimum absolute atomic E-state index is 0.114. The molecule has 0 saturated carbocycles. The van der Waals surface area contributed by atoms with Gasteiger partial charge in [-0.25, -0.2) is 4.79 Å². The zero-order valence-electron chi connectivity index (χ0n) is 10.3. The van der Waals surface area contributed by atoms with Crippen LogP contribution in [0.3, 0.4) is 0 Å². The number of nitrogen functional groups attached to an aromatic ring is 1. The Morgan fingerprint density at radius 1 is 1.44 bits per heavy atom. The van der Waals surface area contributed by atoms with Crippen molar-refractivity contribution in [3.63, 3.8) is 0 Å². The van der Waals surface area contributed by atoms with Crippen molar-refractivity contribution in [3.8, 4) is 11.1 Å². The third-order valence-electron chi connectivity index (χ3n) is 2.60. The molecule has 5 heteroatoms. The minimum Gasteiger partial charge on any atom is -0.461 e. The van der Waals surface area contributed by atoms with Crippen LogP contribution in [0.15, 0.2) is 28.8 Å². The van der Waals surface area contributed by atoms with Crippen LogP contribution >= 0.6 is 0 Å². The lowest BCUT2D eigenvalue weighted by molar-refractivity contribution is 0.0515. The summed E-state index contributed by atoms with van der Waals surface area (Å²) >= 11 is 0. The SMILES string of the molecule is CCOC(=O)c1noc(N)c1-c1ccccc1C. The normalized spacial score (nSPS) is 10.3. The van der Waals surface area contributed by atoms with Crippen molar-refractivity contribution in [2.75, 3.05) is 12.3 Å². The van der Waals surface area contributed by atoms with Gasteiger partial charge in [0, 0.05) is 0 Å². The Balaban J connectivity index is 2.54. The van der Waals surface area contributed by atoms with Gasteiger partial charge in [-0.15, -0.1) is 0 Å². The summed E-state index contributed by atoms with van der Waals surface area (Å²) in [6.07, 6.45) is 0. The first kappa shape index (κ1) is 12.2. The maximum Gasteiger partial charge on any atom is 0.361 e.